The lowest BCUT2D eigenvalue weighted by Crippen LogP contribution is -2.11. The van der Waals surface area contributed by atoms with Gasteiger partial charge in [0.25, 0.3) is 11.5 Å². The van der Waals surface area contributed by atoms with Crippen LogP contribution in [0.4, 0.5) is 0 Å². The average Bonchev–Trinajstić information content (AvgIpc) is 3.32. The number of hydrogen-bond donors (Lipinski definition) is 2. The quantitative estimate of drug-likeness (QED) is 0.561. The molecule has 0 aliphatic carbocycles. The van der Waals surface area contributed by atoms with Crippen molar-refractivity contribution in [2.24, 2.45) is 5.73 Å². The average molecular weight is 376 g/mol. The van der Waals surface area contributed by atoms with Crippen LogP contribution >= 0.6 is 11.3 Å². The van der Waals surface area contributed by atoms with Crippen molar-refractivity contribution in [3.63, 3.8) is 0 Å². The number of rotatable bonds is 5. The molecule has 3 heterocycles. The molecule has 0 spiro atoms. The van der Waals surface area contributed by atoms with E-state index in [1.807, 2.05) is 46.5 Å². The first-order chi connectivity index (χ1) is 13.1. The molecule has 4 rings (SSSR count). The number of pyridine rings is 1. The van der Waals surface area contributed by atoms with Crippen molar-refractivity contribution >= 4 is 17.2 Å². The molecule has 27 heavy (non-hydrogen) atoms. The Labute approximate surface area is 158 Å². The molecule has 0 radical (unpaired) electrons. The largest absolute Gasteiger partial charge is 0.365 e. The van der Waals surface area contributed by atoms with Crippen molar-refractivity contribution in [1.29, 1.82) is 0 Å². The van der Waals surface area contributed by atoms with Gasteiger partial charge in [0.15, 0.2) is 0 Å². The van der Waals surface area contributed by atoms with Gasteiger partial charge in [-0.25, -0.2) is 4.98 Å². The summed E-state index contributed by atoms with van der Waals surface area (Å²) < 4.78 is 1.91. The molecule has 4 aromatic rings. The van der Waals surface area contributed by atoms with E-state index < -0.39 is 5.91 Å². The van der Waals surface area contributed by atoms with Crippen LogP contribution in [0.1, 0.15) is 20.9 Å². The first-order valence-electron chi connectivity index (χ1n) is 8.29. The Hall–Kier alpha value is -3.45. The third-order valence-electron chi connectivity index (χ3n) is 4.27. The summed E-state index contributed by atoms with van der Waals surface area (Å²) in [5.41, 5.74) is 9.44. The van der Waals surface area contributed by atoms with Gasteiger partial charge in [-0.1, -0.05) is 12.1 Å². The number of carbonyl (C=O) groups is 1. The second-order valence-corrected chi connectivity index (χ2v) is 6.96. The molecule has 0 saturated heterocycles. The molecule has 0 fully saturated rings. The van der Waals surface area contributed by atoms with E-state index in [0.29, 0.717) is 16.9 Å². The van der Waals surface area contributed by atoms with Crippen molar-refractivity contribution in [2.75, 3.05) is 0 Å². The van der Waals surface area contributed by atoms with Crippen LogP contribution in [0.2, 0.25) is 0 Å². The zero-order valence-corrected chi connectivity index (χ0v) is 15.1. The number of nitrogens with one attached hydrogen (secondary N) is 1. The van der Waals surface area contributed by atoms with E-state index in [-0.39, 0.29) is 5.56 Å². The fraction of sp³-hybridized carbons (Fsp3) is 0.0500. The van der Waals surface area contributed by atoms with Gasteiger partial charge in [0.1, 0.15) is 0 Å². The van der Waals surface area contributed by atoms with E-state index in [1.54, 1.807) is 24.7 Å². The van der Waals surface area contributed by atoms with Gasteiger partial charge in [-0.3, -0.25) is 9.59 Å². The highest BCUT2D eigenvalue weighted by Gasteiger charge is 2.12. The van der Waals surface area contributed by atoms with Crippen molar-refractivity contribution in [3.05, 3.63) is 93.1 Å². The number of H-pyrrole nitrogens is 1. The van der Waals surface area contributed by atoms with E-state index in [4.69, 9.17) is 5.73 Å². The minimum absolute atomic E-state index is 0.115. The number of amides is 1. The topological polar surface area (TPSA) is 93.8 Å². The molecule has 1 amide bonds. The van der Waals surface area contributed by atoms with E-state index in [2.05, 4.69) is 9.97 Å². The number of aromatic nitrogens is 3. The molecule has 0 aliphatic heterocycles. The normalized spacial score (nSPS) is 10.8. The molecule has 1 aromatic carbocycles. The van der Waals surface area contributed by atoms with Crippen molar-refractivity contribution in [3.8, 4) is 16.8 Å². The van der Waals surface area contributed by atoms with E-state index >= 15 is 0 Å². The molecular formula is C20H16N4O2S. The zero-order valence-electron chi connectivity index (χ0n) is 14.3. The van der Waals surface area contributed by atoms with Gasteiger partial charge in [0.2, 0.25) is 0 Å². The number of carbonyl (C=O) groups excluding carboxylic acids is 1. The number of thiophene rings is 1. The van der Waals surface area contributed by atoms with Crippen molar-refractivity contribution in [1.82, 2.24) is 14.5 Å². The van der Waals surface area contributed by atoms with Gasteiger partial charge < -0.3 is 15.3 Å². The Balaban J connectivity index is 1.57. The Morgan fingerprint density at radius 2 is 2.00 bits per heavy atom. The molecule has 6 nitrogen and oxygen atoms in total. The van der Waals surface area contributed by atoms with Gasteiger partial charge in [0, 0.05) is 30.1 Å². The standard InChI is InChI=1S/C20H16N4O2S/c21-19(25)18-14(7-9-27-18)10-15-11-24(12-23-15)16-5-3-13(4-6-16)17-2-1-8-22-20(17)26/h1-9,11-12H,10H2,(H2,21,25)(H,22,26). The molecule has 134 valence electrons. The Morgan fingerprint density at radius 1 is 1.19 bits per heavy atom. The van der Waals surface area contributed by atoms with Crippen LogP contribution in [0.3, 0.4) is 0 Å². The summed E-state index contributed by atoms with van der Waals surface area (Å²) in [6, 6.07) is 13.2. The predicted octanol–water partition coefficient (Wildman–Crippen LogP) is 2.98. The van der Waals surface area contributed by atoms with E-state index in [0.717, 1.165) is 22.5 Å². The van der Waals surface area contributed by atoms with Gasteiger partial charge in [0.05, 0.1) is 16.9 Å². The number of imidazole rings is 1. The van der Waals surface area contributed by atoms with Crippen LogP contribution in [0.5, 0.6) is 0 Å². The number of benzene rings is 1. The Morgan fingerprint density at radius 3 is 2.74 bits per heavy atom. The monoisotopic (exact) mass is 376 g/mol. The molecule has 7 heteroatoms. The van der Waals surface area contributed by atoms with E-state index in [1.165, 1.54) is 11.3 Å². The maximum atomic E-state index is 11.9. The van der Waals surface area contributed by atoms with Gasteiger partial charge in [-0.15, -0.1) is 11.3 Å². The summed E-state index contributed by atoms with van der Waals surface area (Å²) in [6.45, 7) is 0. The lowest BCUT2D eigenvalue weighted by atomic mass is 10.1. The highest BCUT2D eigenvalue weighted by atomic mass is 32.1. The summed E-state index contributed by atoms with van der Waals surface area (Å²) in [6.07, 6.45) is 5.82. The molecule has 3 aromatic heterocycles. The highest BCUT2D eigenvalue weighted by Crippen LogP contribution is 2.21. The summed E-state index contributed by atoms with van der Waals surface area (Å²) in [5.74, 6) is -0.411. The van der Waals surface area contributed by atoms with Crippen LogP contribution in [-0.2, 0) is 6.42 Å². The number of nitrogens with two attached hydrogens (primary N) is 1. The SMILES string of the molecule is NC(=O)c1sccc1Cc1cn(-c2ccc(-c3ccc[nH]c3=O)cc2)cn1. The fourth-order valence-electron chi connectivity index (χ4n) is 2.94. The van der Waals surface area contributed by atoms with E-state index in [9.17, 15) is 9.59 Å². The minimum Gasteiger partial charge on any atom is -0.365 e. The number of nitrogens with zero attached hydrogens (tertiary/aromatic N) is 2. The Bertz CT molecular complexity index is 1150. The smallest absolute Gasteiger partial charge is 0.259 e. The molecule has 3 N–H and O–H groups in total. The predicted molar refractivity (Wildman–Crippen MR) is 105 cm³/mol. The van der Waals surface area contributed by atoms with Crippen LogP contribution < -0.4 is 11.3 Å². The maximum absolute atomic E-state index is 11.9. The molecule has 0 saturated carbocycles. The molecule has 0 aliphatic rings. The van der Waals surface area contributed by atoms with Crippen molar-refractivity contribution < 1.29 is 4.79 Å². The highest BCUT2D eigenvalue weighted by molar-refractivity contribution is 7.12. The van der Waals surface area contributed by atoms with Gasteiger partial charge in [-0.2, -0.15) is 0 Å². The molecular weight excluding hydrogens is 360 g/mol. The third kappa shape index (κ3) is 3.45. The van der Waals surface area contributed by atoms with Crippen LogP contribution in [0.15, 0.2) is 71.4 Å². The maximum Gasteiger partial charge on any atom is 0.259 e. The summed E-state index contributed by atoms with van der Waals surface area (Å²) in [7, 11) is 0. The summed E-state index contributed by atoms with van der Waals surface area (Å²) in [4.78, 5) is 31.0. The second kappa shape index (κ2) is 7.05. The molecule has 0 unspecified atom stereocenters. The van der Waals surface area contributed by atoms with Gasteiger partial charge in [-0.05, 0) is 46.8 Å². The Kier molecular flexibility index (Phi) is 4.43. The molecule has 0 atom stereocenters. The summed E-state index contributed by atoms with van der Waals surface area (Å²) >= 11 is 1.34. The van der Waals surface area contributed by atoms with Crippen LogP contribution in [0.25, 0.3) is 16.8 Å². The fourth-order valence-corrected chi connectivity index (χ4v) is 3.72. The lowest BCUT2D eigenvalue weighted by molar-refractivity contribution is 0.100. The summed E-state index contributed by atoms with van der Waals surface area (Å²) in [5, 5.41) is 1.86. The number of aromatic amines is 1. The molecule has 0 bridgehead atoms. The second-order valence-electron chi connectivity index (χ2n) is 6.05. The van der Waals surface area contributed by atoms with Crippen LogP contribution in [0, 0.1) is 0 Å². The first kappa shape index (κ1) is 17.0. The minimum atomic E-state index is -0.411. The van der Waals surface area contributed by atoms with Gasteiger partial charge >= 0.3 is 0 Å². The van der Waals surface area contributed by atoms with Crippen molar-refractivity contribution in [2.45, 2.75) is 6.42 Å². The number of primary amides is 1. The number of hydrogen-bond acceptors (Lipinski definition) is 4. The first-order valence-corrected chi connectivity index (χ1v) is 9.17. The zero-order chi connectivity index (χ0) is 18.8. The third-order valence-corrected chi connectivity index (χ3v) is 5.24. The van der Waals surface area contributed by atoms with Crippen LogP contribution in [-0.4, -0.2) is 20.4 Å². The lowest BCUT2D eigenvalue weighted by Gasteiger charge is -2.04.